The third kappa shape index (κ3) is 1.91. The van der Waals surface area contributed by atoms with E-state index in [9.17, 15) is 4.79 Å². The van der Waals surface area contributed by atoms with E-state index in [2.05, 4.69) is 21.1 Å². The Labute approximate surface area is 71.8 Å². The summed E-state index contributed by atoms with van der Waals surface area (Å²) in [5.74, 6) is 0.347. The van der Waals surface area contributed by atoms with Crippen molar-refractivity contribution in [1.82, 2.24) is 4.98 Å². The first-order chi connectivity index (χ1) is 5.22. The largest absolute Gasteiger partial charge is 0.464 e. The van der Waals surface area contributed by atoms with Gasteiger partial charge in [0, 0.05) is 6.20 Å². The predicted octanol–water partition coefficient (Wildman–Crippen LogP) is 1.88. The SMILES string of the molecule is O=C(O)N(Br)c1ccccn1. The van der Waals surface area contributed by atoms with Crippen LogP contribution >= 0.6 is 16.1 Å². The van der Waals surface area contributed by atoms with Gasteiger partial charge in [0.2, 0.25) is 0 Å². The third-order valence-electron chi connectivity index (χ3n) is 1.02. The minimum Gasteiger partial charge on any atom is -0.464 e. The van der Waals surface area contributed by atoms with Gasteiger partial charge in [-0.15, -0.1) is 0 Å². The molecule has 0 spiro atoms. The van der Waals surface area contributed by atoms with E-state index in [0.717, 1.165) is 3.93 Å². The number of halogens is 1. The normalized spacial score (nSPS) is 9.18. The van der Waals surface area contributed by atoms with E-state index in [0.29, 0.717) is 5.82 Å². The standard InChI is InChI=1S/C6H5BrN2O2/c7-9(6(10)11)5-3-1-2-4-8-5/h1-4H,(H,10,11). The second-order valence-corrected chi connectivity index (χ2v) is 2.46. The molecular formula is C6H5BrN2O2. The van der Waals surface area contributed by atoms with Gasteiger partial charge in [0.25, 0.3) is 0 Å². The van der Waals surface area contributed by atoms with Gasteiger partial charge in [0.15, 0.2) is 0 Å². The lowest BCUT2D eigenvalue weighted by Crippen LogP contribution is -2.17. The average Bonchev–Trinajstić information content (AvgIpc) is 2.05. The molecule has 0 aliphatic carbocycles. The van der Waals surface area contributed by atoms with Crippen molar-refractivity contribution in [2.24, 2.45) is 0 Å². The average molecular weight is 217 g/mol. The lowest BCUT2D eigenvalue weighted by molar-refractivity contribution is 0.207. The van der Waals surface area contributed by atoms with Crippen molar-refractivity contribution in [3.05, 3.63) is 24.4 Å². The van der Waals surface area contributed by atoms with Crippen LogP contribution in [0.4, 0.5) is 10.6 Å². The summed E-state index contributed by atoms with van der Waals surface area (Å²) in [6.07, 6.45) is 0.427. The molecule has 0 saturated carbocycles. The zero-order valence-corrected chi connectivity index (χ0v) is 7.02. The molecule has 0 atom stereocenters. The van der Waals surface area contributed by atoms with Crippen LogP contribution in [0.15, 0.2) is 24.4 Å². The van der Waals surface area contributed by atoms with Gasteiger partial charge in [-0.1, -0.05) is 6.07 Å². The number of anilines is 1. The Bertz CT molecular complexity index is 252. The fourth-order valence-electron chi connectivity index (χ4n) is 0.568. The number of aromatic nitrogens is 1. The first-order valence-electron chi connectivity index (χ1n) is 2.81. The molecule has 58 valence electrons. The number of nitrogens with zero attached hydrogens (tertiary/aromatic N) is 2. The number of rotatable bonds is 1. The third-order valence-corrected chi connectivity index (χ3v) is 1.69. The monoisotopic (exact) mass is 216 g/mol. The van der Waals surface area contributed by atoms with Gasteiger partial charge in [-0.25, -0.2) is 9.78 Å². The van der Waals surface area contributed by atoms with Crippen LogP contribution in [0.5, 0.6) is 0 Å². The summed E-state index contributed by atoms with van der Waals surface area (Å²) >= 11 is 2.82. The van der Waals surface area contributed by atoms with E-state index in [1.165, 1.54) is 6.20 Å². The Morgan fingerprint density at radius 1 is 1.64 bits per heavy atom. The second kappa shape index (κ2) is 3.34. The van der Waals surface area contributed by atoms with E-state index in [1.54, 1.807) is 18.2 Å². The van der Waals surface area contributed by atoms with Crippen LogP contribution in [0, 0.1) is 0 Å². The summed E-state index contributed by atoms with van der Waals surface area (Å²) in [6, 6.07) is 5.01. The molecule has 0 fully saturated rings. The van der Waals surface area contributed by atoms with Gasteiger partial charge < -0.3 is 5.11 Å². The van der Waals surface area contributed by atoms with Gasteiger partial charge >= 0.3 is 6.09 Å². The molecule has 1 aromatic rings. The predicted molar refractivity (Wildman–Crippen MR) is 43.7 cm³/mol. The molecule has 4 nitrogen and oxygen atoms in total. The fraction of sp³-hybridized carbons (Fsp3) is 0. The highest BCUT2D eigenvalue weighted by Crippen LogP contribution is 2.12. The topological polar surface area (TPSA) is 53.4 Å². The van der Waals surface area contributed by atoms with Crippen molar-refractivity contribution in [3.8, 4) is 0 Å². The summed E-state index contributed by atoms with van der Waals surface area (Å²) in [5, 5.41) is 8.47. The van der Waals surface area contributed by atoms with E-state index >= 15 is 0 Å². The smallest absolute Gasteiger partial charge is 0.423 e. The molecular weight excluding hydrogens is 212 g/mol. The summed E-state index contributed by atoms with van der Waals surface area (Å²) in [6.45, 7) is 0. The highest BCUT2D eigenvalue weighted by Gasteiger charge is 2.09. The zero-order chi connectivity index (χ0) is 8.27. The zero-order valence-electron chi connectivity index (χ0n) is 5.44. The minimum atomic E-state index is -1.09. The fourth-order valence-corrected chi connectivity index (χ4v) is 0.778. The summed E-state index contributed by atoms with van der Waals surface area (Å²) < 4.78 is 0.868. The van der Waals surface area contributed by atoms with E-state index in [4.69, 9.17) is 5.11 Å². The van der Waals surface area contributed by atoms with Crippen LogP contribution in [0.1, 0.15) is 0 Å². The molecule has 1 N–H and O–H groups in total. The van der Waals surface area contributed by atoms with Crippen molar-refractivity contribution in [2.45, 2.75) is 0 Å². The molecule has 0 unspecified atom stereocenters. The van der Waals surface area contributed by atoms with Crippen LogP contribution < -0.4 is 3.93 Å². The van der Waals surface area contributed by atoms with Crippen LogP contribution in [-0.2, 0) is 0 Å². The van der Waals surface area contributed by atoms with Crippen LogP contribution in [0.3, 0.4) is 0 Å². The van der Waals surface area contributed by atoms with Crippen molar-refractivity contribution in [3.63, 3.8) is 0 Å². The first kappa shape index (κ1) is 8.00. The Morgan fingerprint density at radius 2 is 2.36 bits per heavy atom. The molecule has 0 bridgehead atoms. The van der Waals surface area contributed by atoms with Gasteiger partial charge in [-0.2, -0.15) is 3.93 Å². The van der Waals surface area contributed by atoms with Gasteiger partial charge in [0.1, 0.15) is 5.82 Å². The molecule has 0 saturated heterocycles. The number of hydrogen-bond donors (Lipinski definition) is 1. The highest BCUT2D eigenvalue weighted by molar-refractivity contribution is 9.10. The number of amides is 1. The molecule has 1 amide bonds. The Kier molecular flexibility index (Phi) is 2.43. The molecule has 0 aliphatic heterocycles. The molecule has 0 aromatic carbocycles. The first-order valence-corrected chi connectivity index (χ1v) is 3.52. The summed E-state index contributed by atoms with van der Waals surface area (Å²) in [7, 11) is 0. The van der Waals surface area contributed by atoms with Gasteiger partial charge in [-0.3, -0.25) is 0 Å². The second-order valence-electron chi connectivity index (χ2n) is 1.75. The lowest BCUT2D eigenvalue weighted by atomic mass is 10.5. The molecule has 1 aromatic heterocycles. The number of carbonyl (C=O) groups is 1. The molecule has 0 aliphatic rings. The van der Waals surface area contributed by atoms with Gasteiger partial charge in [0.05, 0.1) is 16.1 Å². The molecule has 1 heterocycles. The van der Waals surface area contributed by atoms with Crippen molar-refractivity contribution in [2.75, 3.05) is 3.93 Å². The van der Waals surface area contributed by atoms with Crippen molar-refractivity contribution < 1.29 is 9.90 Å². The van der Waals surface area contributed by atoms with Crippen molar-refractivity contribution >= 4 is 28.1 Å². The maximum atomic E-state index is 10.3. The van der Waals surface area contributed by atoms with Crippen LogP contribution in [0.25, 0.3) is 0 Å². The number of hydrogen-bond acceptors (Lipinski definition) is 2. The Balaban J connectivity index is 2.85. The summed E-state index contributed by atoms with van der Waals surface area (Å²) in [5.41, 5.74) is 0. The quantitative estimate of drug-likeness (QED) is 0.730. The maximum Gasteiger partial charge on any atom is 0.423 e. The lowest BCUT2D eigenvalue weighted by Gasteiger charge is -2.06. The Hall–Kier alpha value is -1.10. The van der Waals surface area contributed by atoms with E-state index < -0.39 is 6.09 Å². The minimum absolute atomic E-state index is 0.347. The molecule has 11 heavy (non-hydrogen) atoms. The van der Waals surface area contributed by atoms with Crippen LogP contribution in [0.2, 0.25) is 0 Å². The number of carboxylic acid groups (broad SMARTS) is 1. The molecule has 1 rings (SSSR count). The summed E-state index contributed by atoms with van der Waals surface area (Å²) in [4.78, 5) is 14.1. The van der Waals surface area contributed by atoms with Crippen LogP contribution in [-0.4, -0.2) is 16.2 Å². The molecule has 5 heteroatoms. The Morgan fingerprint density at radius 3 is 2.82 bits per heavy atom. The van der Waals surface area contributed by atoms with E-state index in [1.807, 2.05) is 0 Å². The van der Waals surface area contributed by atoms with Gasteiger partial charge in [-0.05, 0) is 12.1 Å². The highest BCUT2D eigenvalue weighted by atomic mass is 79.9. The maximum absolute atomic E-state index is 10.3. The number of pyridine rings is 1. The van der Waals surface area contributed by atoms with Crippen molar-refractivity contribution in [1.29, 1.82) is 0 Å². The molecule has 0 radical (unpaired) electrons. The van der Waals surface area contributed by atoms with E-state index in [-0.39, 0.29) is 0 Å².